The summed E-state index contributed by atoms with van der Waals surface area (Å²) in [4.78, 5) is 13.5. The average molecular weight is 347 g/mol. The summed E-state index contributed by atoms with van der Waals surface area (Å²) in [5.74, 6) is 1.67. The zero-order chi connectivity index (χ0) is 17.9. The third kappa shape index (κ3) is 3.03. The van der Waals surface area contributed by atoms with Gasteiger partial charge in [-0.25, -0.2) is 15.0 Å². The van der Waals surface area contributed by atoms with Gasteiger partial charge >= 0.3 is 0 Å². The summed E-state index contributed by atoms with van der Waals surface area (Å²) >= 11 is 0. The summed E-state index contributed by atoms with van der Waals surface area (Å²) in [5.41, 5.74) is 3.12. The van der Waals surface area contributed by atoms with Crippen molar-refractivity contribution >= 4 is 16.9 Å². The predicted molar refractivity (Wildman–Crippen MR) is 101 cm³/mol. The fourth-order valence-electron chi connectivity index (χ4n) is 3.03. The Kier molecular flexibility index (Phi) is 4.35. The molecule has 26 heavy (non-hydrogen) atoms. The first-order chi connectivity index (χ1) is 12.8. The minimum atomic E-state index is 0.654. The van der Waals surface area contributed by atoms with Gasteiger partial charge in [0.25, 0.3) is 0 Å². The molecule has 0 unspecified atom stereocenters. The van der Waals surface area contributed by atoms with E-state index >= 15 is 0 Å². The number of nitrogens with one attached hydrogen (secondary N) is 1. The minimum Gasteiger partial charge on any atom is -0.365 e. The lowest BCUT2D eigenvalue weighted by molar-refractivity contribution is 0.772. The van der Waals surface area contributed by atoms with E-state index in [4.69, 9.17) is 4.98 Å². The van der Waals surface area contributed by atoms with Gasteiger partial charge in [-0.3, -0.25) is 4.68 Å². The molecule has 0 aliphatic carbocycles. The smallest absolute Gasteiger partial charge is 0.163 e. The van der Waals surface area contributed by atoms with E-state index in [1.54, 1.807) is 10.9 Å². The van der Waals surface area contributed by atoms with Crippen molar-refractivity contribution < 1.29 is 0 Å². The van der Waals surface area contributed by atoms with E-state index in [1.807, 2.05) is 42.5 Å². The third-order valence-electron chi connectivity index (χ3n) is 4.33. The first kappa shape index (κ1) is 16.3. The van der Waals surface area contributed by atoms with Crippen LogP contribution in [0.2, 0.25) is 0 Å². The van der Waals surface area contributed by atoms with Crippen molar-refractivity contribution in [3.8, 4) is 5.69 Å². The minimum absolute atomic E-state index is 0.654. The fourth-order valence-corrected chi connectivity index (χ4v) is 3.03. The second-order valence-electron chi connectivity index (χ2n) is 6.20. The zero-order valence-electron chi connectivity index (χ0n) is 14.9. The number of nitrogens with zero attached hydrogens (tertiary/aromatic N) is 6. The molecular formula is C19H21N7. The molecule has 0 amide bonds. The van der Waals surface area contributed by atoms with Gasteiger partial charge < -0.3 is 9.88 Å². The van der Waals surface area contributed by atoms with Gasteiger partial charge in [0.15, 0.2) is 5.65 Å². The number of aromatic nitrogens is 6. The molecule has 7 heteroatoms. The van der Waals surface area contributed by atoms with Gasteiger partial charge in [0.2, 0.25) is 0 Å². The molecular weight excluding hydrogens is 326 g/mol. The van der Waals surface area contributed by atoms with Crippen molar-refractivity contribution in [3.63, 3.8) is 0 Å². The summed E-state index contributed by atoms with van der Waals surface area (Å²) in [6, 6.07) is 8.26. The Labute approximate surface area is 151 Å². The molecule has 1 N–H and O–H groups in total. The monoisotopic (exact) mass is 347 g/mol. The number of para-hydroxylation sites is 1. The van der Waals surface area contributed by atoms with E-state index in [1.165, 1.54) is 0 Å². The van der Waals surface area contributed by atoms with E-state index in [2.05, 4.69) is 39.4 Å². The summed E-state index contributed by atoms with van der Waals surface area (Å²) in [7, 11) is 1.91. The van der Waals surface area contributed by atoms with Gasteiger partial charge in [-0.05, 0) is 18.1 Å². The highest BCUT2D eigenvalue weighted by Crippen LogP contribution is 2.22. The number of fused-ring (bicyclic) bond motifs is 1. The number of benzene rings is 1. The van der Waals surface area contributed by atoms with Crippen LogP contribution >= 0.6 is 0 Å². The van der Waals surface area contributed by atoms with Gasteiger partial charge in [0, 0.05) is 32.4 Å². The lowest BCUT2D eigenvalue weighted by Crippen LogP contribution is -2.08. The zero-order valence-corrected chi connectivity index (χ0v) is 14.9. The number of rotatable bonds is 6. The number of aryl methyl sites for hydroxylation is 2. The molecule has 0 fully saturated rings. The molecule has 3 aromatic heterocycles. The Morgan fingerprint density at radius 1 is 1.15 bits per heavy atom. The van der Waals surface area contributed by atoms with Crippen LogP contribution in [0.25, 0.3) is 16.7 Å². The van der Waals surface area contributed by atoms with E-state index in [9.17, 15) is 0 Å². The highest BCUT2D eigenvalue weighted by atomic mass is 15.3. The van der Waals surface area contributed by atoms with Crippen molar-refractivity contribution in [1.82, 2.24) is 29.3 Å². The Balaban J connectivity index is 1.67. The molecule has 132 valence electrons. The summed E-state index contributed by atoms with van der Waals surface area (Å²) in [6.45, 7) is 2.78. The van der Waals surface area contributed by atoms with Crippen molar-refractivity contribution in [3.05, 3.63) is 60.6 Å². The third-order valence-corrected chi connectivity index (χ3v) is 4.33. The molecule has 0 spiro atoms. The van der Waals surface area contributed by atoms with Gasteiger partial charge in [-0.1, -0.05) is 25.1 Å². The standard InChI is InChI=1S/C19H21N7/c1-3-6-17-23-18(15-12-22-25(2)19(15)24-17)21-11-14-7-4-5-8-16(14)26-10-9-20-13-26/h4-5,7-10,12-13H,3,6,11H2,1-2H3,(H,21,23,24). The highest BCUT2D eigenvalue weighted by molar-refractivity contribution is 5.86. The molecule has 4 aromatic rings. The quantitative estimate of drug-likeness (QED) is 0.580. The number of hydrogen-bond acceptors (Lipinski definition) is 5. The van der Waals surface area contributed by atoms with Crippen LogP contribution in [0.15, 0.2) is 49.2 Å². The Hall–Kier alpha value is -3.22. The van der Waals surface area contributed by atoms with Crippen LogP contribution in [0.5, 0.6) is 0 Å². The summed E-state index contributed by atoms with van der Waals surface area (Å²) < 4.78 is 3.81. The number of imidazole rings is 1. The first-order valence-electron chi connectivity index (χ1n) is 8.75. The summed E-state index contributed by atoms with van der Waals surface area (Å²) in [5, 5.41) is 8.75. The molecule has 0 bridgehead atoms. The first-order valence-corrected chi connectivity index (χ1v) is 8.75. The van der Waals surface area contributed by atoms with Crippen molar-refractivity contribution in [2.45, 2.75) is 26.3 Å². The second kappa shape index (κ2) is 6.95. The molecule has 7 nitrogen and oxygen atoms in total. The van der Waals surface area contributed by atoms with Crippen molar-refractivity contribution in [1.29, 1.82) is 0 Å². The van der Waals surface area contributed by atoms with E-state index in [-0.39, 0.29) is 0 Å². The largest absolute Gasteiger partial charge is 0.365 e. The predicted octanol–water partition coefficient (Wildman–Crippen LogP) is 3.11. The Morgan fingerprint density at radius 3 is 2.85 bits per heavy atom. The van der Waals surface area contributed by atoms with E-state index in [0.717, 1.165) is 46.8 Å². The van der Waals surface area contributed by atoms with Crippen LogP contribution in [-0.4, -0.2) is 29.3 Å². The Bertz CT molecular complexity index is 1020. The fraction of sp³-hybridized carbons (Fsp3) is 0.263. The average Bonchev–Trinajstić information content (AvgIpc) is 3.31. The SMILES string of the molecule is CCCc1nc(NCc2ccccc2-n2ccnc2)c2cnn(C)c2n1. The normalized spacial score (nSPS) is 11.2. The Morgan fingerprint density at radius 2 is 2.04 bits per heavy atom. The van der Waals surface area contributed by atoms with Crippen LogP contribution in [0.3, 0.4) is 0 Å². The van der Waals surface area contributed by atoms with Crippen LogP contribution in [0.1, 0.15) is 24.7 Å². The molecule has 0 radical (unpaired) electrons. The molecule has 0 aliphatic heterocycles. The maximum Gasteiger partial charge on any atom is 0.163 e. The van der Waals surface area contributed by atoms with Crippen molar-refractivity contribution in [2.75, 3.05) is 5.32 Å². The molecule has 0 saturated heterocycles. The van der Waals surface area contributed by atoms with E-state index < -0.39 is 0 Å². The molecule has 0 aliphatic rings. The van der Waals surface area contributed by atoms with Gasteiger partial charge in [-0.2, -0.15) is 5.10 Å². The lowest BCUT2D eigenvalue weighted by atomic mass is 10.1. The lowest BCUT2D eigenvalue weighted by Gasteiger charge is -2.12. The van der Waals surface area contributed by atoms with Crippen LogP contribution in [0, 0.1) is 0 Å². The van der Waals surface area contributed by atoms with Crippen molar-refractivity contribution in [2.24, 2.45) is 7.05 Å². The highest BCUT2D eigenvalue weighted by Gasteiger charge is 2.12. The maximum absolute atomic E-state index is 4.72. The van der Waals surface area contributed by atoms with Gasteiger partial charge in [0.1, 0.15) is 11.6 Å². The topological polar surface area (TPSA) is 73.5 Å². The molecule has 3 heterocycles. The number of anilines is 1. The molecule has 0 atom stereocenters. The van der Waals surface area contributed by atoms with E-state index in [0.29, 0.717) is 6.54 Å². The molecule has 4 rings (SSSR count). The molecule has 1 aromatic carbocycles. The second-order valence-corrected chi connectivity index (χ2v) is 6.20. The van der Waals surface area contributed by atoms with Crippen LogP contribution in [0.4, 0.5) is 5.82 Å². The van der Waals surface area contributed by atoms with Crippen LogP contribution in [-0.2, 0) is 20.0 Å². The number of hydrogen-bond donors (Lipinski definition) is 1. The van der Waals surface area contributed by atoms with Gasteiger partial charge in [-0.15, -0.1) is 0 Å². The summed E-state index contributed by atoms with van der Waals surface area (Å²) in [6.07, 6.45) is 9.21. The van der Waals surface area contributed by atoms with Gasteiger partial charge in [0.05, 0.1) is 23.6 Å². The molecule has 0 saturated carbocycles. The maximum atomic E-state index is 4.72. The van der Waals surface area contributed by atoms with Crippen LogP contribution < -0.4 is 5.32 Å².